The molecule has 2 rings (SSSR count). The molecule has 0 aliphatic carbocycles. The van der Waals surface area contributed by atoms with Gasteiger partial charge in [-0.1, -0.05) is 25.0 Å². The monoisotopic (exact) mass is 302 g/mol. The molecular weight excluding hydrogens is 276 g/mol. The largest absolute Gasteiger partial charge is 0.342 e. The van der Waals surface area contributed by atoms with Crippen molar-refractivity contribution in [3.8, 4) is 0 Å². The molecular formula is C18H26N2O2. The third-order valence-electron chi connectivity index (χ3n) is 4.19. The lowest BCUT2D eigenvalue weighted by molar-refractivity contribution is -0.135. The first-order chi connectivity index (χ1) is 10.6. The number of rotatable bonds is 4. The van der Waals surface area contributed by atoms with Gasteiger partial charge in [-0.2, -0.15) is 0 Å². The van der Waals surface area contributed by atoms with Gasteiger partial charge in [0.15, 0.2) is 0 Å². The van der Waals surface area contributed by atoms with E-state index in [1.165, 1.54) is 12.8 Å². The molecule has 0 N–H and O–H groups in total. The lowest BCUT2D eigenvalue weighted by atomic mass is 10.2. The van der Waals surface area contributed by atoms with Gasteiger partial charge in [0.05, 0.1) is 0 Å². The minimum atomic E-state index is -0.109. The van der Waals surface area contributed by atoms with Gasteiger partial charge in [0, 0.05) is 25.3 Å². The molecule has 1 saturated heterocycles. The molecule has 4 heteroatoms. The van der Waals surface area contributed by atoms with Crippen LogP contribution in [0.25, 0.3) is 0 Å². The number of amides is 2. The van der Waals surface area contributed by atoms with E-state index in [9.17, 15) is 9.59 Å². The van der Waals surface area contributed by atoms with Crippen LogP contribution in [-0.2, 0) is 9.59 Å². The second-order valence-electron chi connectivity index (χ2n) is 5.95. The average Bonchev–Trinajstić information content (AvgIpc) is 2.77. The molecule has 1 fully saturated rings. The first-order valence-electron chi connectivity index (χ1n) is 8.26. The van der Waals surface area contributed by atoms with Crippen LogP contribution in [0.3, 0.4) is 0 Å². The van der Waals surface area contributed by atoms with Crippen LogP contribution in [0.2, 0.25) is 0 Å². The zero-order valence-corrected chi connectivity index (χ0v) is 13.7. The van der Waals surface area contributed by atoms with E-state index in [-0.39, 0.29) is 18.2 Å². The SMILES string of the molecule is CCN(C(=O)CC(=O)N1CCCCCC1)c1cccc(C)c1. The third kappa shape index (κ3) is 4.33. The Morgan fingerprint density at radius 1 is 1.14 bits per heavy atom. The van der Waals surface area contributed by atoms with Crippen molar-refractivity contribution in [3.05, 3.63) is 29.8 Å². The first kappa shape index (κ1) is 16.5. The smallest absolute Gasteiger partial charge is 0.236 e. The van der Waals surface area contributed by atoms with E-state index >= 15 is 0 Å². The number of nitrogens with zero attached hydrogens (tertiary/aromatic N) is 2. The molecule has 0 aromatic heterocycles. The highest BCUT2D eigenvalue weighted by Gasteiger charge is 2.22. The molecule has 0 bridgehead atoms. The maximum Gasteiger partial charge on any atom is 0.236 e. The van der Waals surface area contributed by atoms with E-state index in [0.717, 1.165) is 37.2 Å². The average molecular weight is 302 g/mol. The summed E-state index contributed by atoms with van der Waals surface area (Å²) in [5.41, 5.74) is 1.98. The minimum absolute atomic E-state index is 0.0260. The Bertz CT molecular complexity index is 520. The number of hydrogen-bond donors (Lipinski definition) is 0. The van der Waals surface area contributed by atoms with Crippen molar-refractivity contribution in [2.75, 3.05) is 24.5 Å². The molecule has 0 spiro atoms. The van der Waals surface area contributed by atoms with Crippen molar-refractivity contribution < 1.29 is 9.59 Å². The lowest BCUT2D eigenvalue weighted by Crippen LogP contribution is -2.38. The second kappa shape index (κ2) is 7.97. The zero-order chi connectivity index (χ0) is 15.9. The summed E-state index contributed by atoms with van der Waals surface area (Å²) in [4.78, 5) is 28.4. The Kier molecular flexibility index (Phi) is 5.99. The highest BCUT2D eigenvalue weighted by Crippen LogP contribution is 2.18. The number of aryl methyl sites for hydroxylation is 1. The Morgan fingerprint density at radius 2 is 1.82 bits per heavy atom. The number of likely N-dealkylation sites (tertiary alicyclic amines) is 1. The Balaban J connectivity index is 2.01. The molecule has 2 amide bonds. The van der Waals surface area contributed by atoms with Gasteiger partial charge in [-0.15, -0.1) is 0 Å². The normalized spacial score (nSPS) is 15.3. The third-order valence-corrected chi connectivity index (χ3v) is 4.19. The maximum absolute atomic E-state index is 12.5. The molecule has 120 valence electrons. The van der Waals surface area contributed by atoms with Crippen LogP contribution >= 0.6 is 0 Å². The van der Waals surface area contributed by atoms with Gasteiger partial charge in [-0.05, 0) is 44.4 Å². The Hall–Kier alpha value is -1.84. The standard InChI is InChI=1S/C18H26N2O2/c1-3-20(16-10-8-9-15(2)13-16)18(22)14-17(21)19-11-6-4-5-7-12-19/h8-10,13H,3-7,11-12,14H2,1-2H3. The summed E-state index contributed by atoms with van der Waals surface area (Å²) in [6.45, 7) is 6.11. The highest BCUT2D eigenvalue weighted by atomic mass is 16.2. The van der Waals surface area contributed by atoms with Gasteiger partial charge < -0.3 is 9.80 Å². The summed E-state index contributed by atoms with van der Waals surface area (Å²) in [6.07, 6.45) is 4.44. The van der Waals surface area contributed by atoms with Gasteiger partial charge in [-0.3, -0.25) is 9.59 Å². The first-order valence-corrected chi connectivity index (χ1v) is 8.26. The van der Waals surface area contributed by atoms with Crippen molar-refractivity contribution in [2.24, 2.45) is 0 Å². The van der Waals surface area contributed by atoms with Gasteiger partial charge >= 0.3 is 0 Å². The molecule has 0 atom stereocenters. The van der Waals surface area contributed by atoms with Crippen molar-refractivity contribution in [1.29, 1.82) is 0 Å². The molecule has 1 heterocycles. The van der Waals surface area contributed by atoms with Gasteiger partial charge in [0.1, 0.15) is 6.42 Å². The molecule has 1 aliphatic heterocycles. The van der Waals surface area contributed by atoms with E-state index in [1.807, 2.05) is 43.0 Å². The highest BCUT2D eigenvalue weighted by molar-refractivity contribution is 6.05. The van der Waals surface area contributed by atoms with Crippen LogP contribution in [0.15, 0.2) is 24.3 Å². The molecule has 1 aliphatic rings. The van der Waals surface area contributed by atoms with Crippen LogP contribution in [0.4, 0.5) is 5.69 Å². The lowest BCUT2D eigenvalue weighted by Gasteiger charge is -2.24. The second-order valence-corrected chi connectivity index (χ2v) is 5.95. The summed E-state index contributed by atoms with van der Waals surface area (Å²) in [7, 11) is 0. The number of carbonyl (C=O) groups excluding carboxylic acids is 2. The summed E-state index contributed by atoms with van der Waals surface area (Å²) >= 11 is 0. The van der Waals surface area contributed by atoms with Crippen LogP contribution in [0.5, 0.6) is 0 Å². The van der Waals surface area contributed by atoms with E-state index < -0.39 is 0 Å². The molecule has 0 saturated carbocycles. The quantitative estimate of drug-likeness (QED) is 0.802. The maximum atomic E-state index is 12.5. The fourth-order valence-electron chi connectivity index (χ4n) is 2.96. The minimum Gasteiger partial charge on any atom is -0.342 e. The number of benzene rings is 1. The summed E-state index contributed by atoms with van der Waals surface area (Å²) in [6, 6.07) is 7.85. The van der Waals surface area contributed by atoms with Gasteiger partial charge in [-0.25, -0.2) is 0 Å². The van der Waals surface area contributed by atoms with Crippen LogP contribution in [-0.4, -0.2) is 36.3 Å². The van der Waals surface area contributed by atoms with Crippen molar-refractivity contribution in [2.45, 2.75) is 46.0 Å². The molecule has 0 radical (unpaired) electrons. The summed E-state index contributed by atoms with van der Waals surface area (Å²) in [5.74, 6) is -0.139. The number of carbonyl (C=O) groups is 2. The predicted octanol–water partition coefficient (Wildman–Crippen LogP) is 3.14. The molecule has 1 aromatic carbocycles. The molecule has 4 nitrogen and oxygen atoms in total. The molecule has 0 unspecified atom stereocenters. The van der Waals surface area contributed by atoms with E-state index in [4.69, 9.17) is 0 Å². The molecule has 1 aromatic rings. The Labute approximate surface area is 133 Å². The fraction of sp³-hybridized carbons (Fsp3) is 0.556. The Morgan fingerprint density at radius 3 is 2.41 bits per heavy atom. The van der Waals surface area contributed by atoms with E-state index in [2.05, 4.69) is 0 Å². The van der Waals surface area contributed by atoms with Gasteiger partial charge in [0.25, 0.3) is 0 Å². The number of hydrogen-bond acceptors (Lipinski definition) is 2. The summed E-state index contributed by atoms with van der Waals surface area (Å²) in [5, 5.41) is 0. The predicted molar refractivity (Wildman–Crippen MR) is 88.9 cm³/mol. The van der Waals surface area contributed by atoms with Crippen LogP contribution in [0.1, 0.15) is 44.6 Å². The van der Waals surface area contributed by atoms with Crippen molar-refractivity contribution in [1.82, 2.24) is 4.90 Å². The van der Waals surface area contributed by atoms with E-state index in [1.54, 1.807) is 4.90 Å². The van der Waals surface area contributed by atoms with E-state index in [0.29, 0.717) is 6.54 Å². The van der Waals surface area contributed by atoms with Crippen molar-refractivity contribution >= 4 is 17.5 Å². The van der Waals surface area contributed by atoms with Crippen LogP contribution in [0, 0.1) is 6.92 Å². The fourth-order valence-corrected chi connectivity index (χ4v) is 2.96. The van der Waals surface area contributed by atoms with Gasteiger partial charge in [0.2, 0.25) is 11.8 Å². The summed E-state index contributed by atoms with van der Waals surface area (Å²) < 4.78 is 0. The van der Waals surface area contributed by atoms with Crippen LogP contribution < -0.4 is 4.90 Å². The van der Waals surface area contributed by atoms with Crippen molar-refractivity contribution in [3.63, 3.8) is 0 Å². The number of anilines is 1. The topological polar surface area (TPSA) is 40.6 Å². The zero-order valence-electron chi connectivity index (χ0n) is 13.7. The molecule has 22 heavy (non-hydrogen) atoms.